The number of nitrogens with one attached hydrogen (secondary N) is 1. The highest BCUT2D eigenvalue weighted by Gasteiger charge is 2.16. The first-order valence-corrected chi connectivity index (χ1v) is 7.16. The van der Waals surface area contributed by atoms with Crippen LogP contribution in [0.5, 0.6) is 0 Å². The summed E-state index contributed by atoms with van der Waals surface area (Å²) in [5, 5.41) is 11.8. The molecule has 2 N–H and O–H groups in total. The van der Waals surface area contributed by atoms with Gasteiger partial charge >= 0.3 is 5.97 Å². The lowest BCUT2D eigenvalue weighted by atomic mass is 10.3. The number of thiophene rings is 1. The molecular weight excluding hydrogens is 276 g/mol. The number of aromatic nitrogens is 1. The molecule has 0 atom stereocenters. The first-order chi connectivity index (χ1) is 8.49. The van der Waals surface area contributed by atoms with Crippen LogP contribution in [0.1, 0.15) is 10.4 Å². The smallest absolute Gasteiger partial charge is 0.337 e. The highest BCUT2D eigenvalue weighted by atomic mass is 32.2. The molecule has 8 heteroatoms. The molecule has 0 unspecified atom stereocenters. The van der Waals surface area contributed by atoms with E-state index in [1.807, 2.05) is 0 Å². The predicted octanol–water partition coefficient (Wildman–Crippen LogP) is 1.64. The van der Waals surface area contributed by atoms with E-state index in [1.165, 1.54) is 17.4 Å². The fourth-order valence-corrected chi connectivity index (χ4v) is 2.84. The standard InChI is InChI=1S/C10H8N2O4S2/c13-10(14)7-1-2-9(11-5-7)18(15,16)12-8-3-4-17-6-8/h1-6,12H,(H,13,14). The second-order valence-electron chi connectivity index (χ2n) is 3.31. The minimum absolute atomic E-state index is 0.0653. The van der Waals surface area contributed by atoms with Crippen LogP contribution < -0.4 is 4.72 Å². The topological polar surface area (TPSA) is 96.4 Å². The second kappa shape index (κ2) is 4.75. The maximum Gasteiger partial charge on any atom is 0.337 e. The fraction of sp³-hybridized carbons (Fsp3) is 0. The van der Waals surface area contributed by atoms with E-state index in [-0.39, 0.29) is 10.6 Å². The SMILES string of the molecule is O=C(O)c1ccc(S(=O)(=O)Nc2ccsc2)nc1. The van der Waals surface area contributed by atoms with Crippen molar-refractivity contribution in [2.24, 2.45) is 0 Å². The zero-order valence-corrected chi connectivity index (χ0v) is 10.5. The van der Waals surface area contributed by atoms with E-state index in [1.54, 1.807) is 16.8 Å². The van der Waals surface area contributed by atoms with Crippen LogP contribution in [-0.2, 0) is 10.0 Å². The maximum atomic E-state index is 11.9. The number of hydrogen-bond acceptors (Lipinski definition) is 5. The van der Waals surface area contributed by atoms with E-state index in [2.05, 4.69) is 9.71 Å². The molecule has 0 radical (unpaired) electrons. The molecule has 0 amide bonds. The van der Waals surface area contributed by atoms with E-state index in [4.69, 9.17) is 5.11 Å². The van der Waals surface area contributed by atoms with Gasteiger partial charge in [-0.1, -0.05) is 0 Å². The Morgan fingerprint density at radius 1 is 1.33 bits per heavy atom. The van der Waals surface area contributed by atoms with Gasteiger partial charge in [0.15, 0.2) is 5.03 Å². The number of carbonyl (C=O) groups is 1. The van der Waals surface area contributed by atoms with Crippen LogP contribution in [-0.4, -0.2) is 24.5 Å². The summed E-state index contributed by atoms with van der Waals surface area (Å²) in [6.07, 6.45) is 1.00. The summed E-state index contributed by atoms with van der Waals surface area (Å²) >= 11 is 1.36. The lowest BCUT2D eigenvalue weighted by Crippen LogP contribution is -2.14. The number of carboxylic acids is 1. The monoisotopic (exact) mass is 284 g/mol. The molecule has 0 fully saturated rings. The van der Waals surface area contributed by atoms with Crippen LogP contribution in [0, 0.1) is 0 Å². The van der Waals surface area contributed by atoms with Crippen LogP contribution in [0.4, 0.5) is 5.69 Å². The third-order valence-electron chi connectivity index (χ3n) is 2.03. The number of hydrogen-bond donors (Lipinski definition) is 2. The van der Waals surface area contributed by atoms with Gasteiger partial charge in [-0.25, -0.2) is 9.78 Å². The number of pyridine rings is 1. The van der Waals surface area contributed by atoms with Crippen LogP contribution in [0.25, 0.3) is 0 Å². The number of aromatic carboxylic acids is 1. The van der Waals surface area contributed by atoms with Gasteiger partial charge in [-0.05, 0) is 23.6 Å². The van der Waals surface area contributed by atoms with Gasteiger partial charge in [0, 0.05) is 11.6 Å². The quantitative estimate of drug-likeness (QED) is 0.889. The van der Waals surface area contributed by atoms with Crippen molar-refractivity contribution < 1.29 is 18.3 Å². The lowest BCUT2D eigenvalue weighted by Gasteiger charge is -2.05. The zero-order valence-electron chi connectivity index (χ0n) is 8.90. The van der Waals surface area contributed by atoms with Gasteiger partial charge in [0.25, 0.3) is 10.0 Å². The van der Waals surface area contributed by atoms with E-state index in [0.717, 1.165) is 12.3 Å². The molecule has 18 heavy (non-hydrogen) atoms. The van der Waals surface area contributed by atoms with Crippen molar-refractivity contribution in [1.29, 1.82) is 0 Å². The Labute approximate surface area is 107 Å². The molecular formula is C10H8N2O4S2. The van der Waals surface area contributed by atoms with Crippen molar-refractivity contribution >= 4 is 33.0 Å². The zero-order chi connectivity index (χ0) is 13.2. The summed E-state index contributed by atoms with van der Waals surface area (Å²) in [6, 6.07) is 3.96. The molecule has 0 aliphatic rings. The van der Waals surface area contributed by atoms with Gasteiger partial charge in [-0.3, -0.25) is 4.72 Å². The summed E-state index contributed by atoms with van der Waals surface area (Å²) in [5.74, 6) is -1.16. The maximum absolute atomic E-state index is 11.9. The van der Waals surface area contributed by atoms with Gasteiger partial charge in [0.2, 0.25) is 0 Å². The Morgan fingerprint density at radius 2 is 2.11 bits per heavy atom. The Morgan fingerprint density at radius 3 is 2.61 bits per heavy atom. The third kappa shape index (κ3) is 2.66. The van der Waals surface area contributed by atoms with Crippen molar-refractivity contribution in [3.8, 4) is 0 Å². The van der Waals surface area contributed by atoms with Crippen molar-refractivity contribution in [3.05, 3.63) is 40.7 Å². The Balaban J connectivity index is 2.27. The van der Waals surface area contributed by atoms with Crippen molar-refractivity contribution in [3.63, 3.8) is 0 Å². The molecule has 2 aromatic rings. The van der Waals surface area contributed by atoms with Gasteiger partial charge in [-0.2, -0.15) is 19.8 Å². The molecule has 2 rings (SSSR count). The molecule has 0 saturated heterocycles. The highest BCUT2D eigenvalue weighted by molar-refractivity contribution is 7.92. The number of sulfonamides is 1. The molecule has 2 heterocycles. The summed E-state index contributed by atoms with van der Waals surface area (Å²) < 4.78 is 26.1. The molecule has 0 saturated carbocycles. The average Bonchev–Trinajstić information content (AvgIpc) is 2.81. The molecule has 6 nitrogen and oxygen atoms in total. The highest BCUT2D eigenvalue weighted by Crippen LogP contribution is 2.17. The minimum Gasteiger partial charge on any atom is -0.478 e. The fourth-order valence-electron chi connectivity index (χ4n) is 1.20. The van der Waals surface area contributed by atoms with E-state index < -0.39 is 16.0 Å². The Kier molecular flexibility index (Phi) is 3.30. The summed E-state index contributed by atoms with van der Waals surface area (Å²) in [6.45, 7) is 0. The lowest BCUT2D eigenvalue weighted by molar-refractivity contribution is 0.0696. The number of anilines is 1. The average molecular weight is 284 g/mol. The predicted molar refractivity (Wildman–Crippen MR) is 66.3 cm³/mol. The number of rotatable bonds is 4. The molecule has 0 aliphatic carbocycles. The first-order valence-electron chi connectivity index (χ1n) is 4.73. The molecule has 2 aromatic heterocycles. The normalized spacial score (nSPS) is 11.1. The van der Waals surface area contributed by atoms with Gasteiger partial charge < -0.3 is 5.11 Å². The van der Waals surface area contributed by atoms with Gasteiger partial charge in [0.1, 0.15) is 0 Å². The van der Waals surface area contributed by atoms with Crippen molar-refractivity contribution in [2.45, 2.75) is 5.03 Å². The van der Waals surface area contributed by atoms with Crippen LogP contribution >= 0.6 is 11.3 Å². The van der Waals surface area contributed by atoms with Gasteiger partial charge in [-0.15, -0.1) is 0 Å². The second-order valence-corrected chi connectivity index (χ2v) is 5.72. The Bertz CT molecular complexity index is 648. The largest absolute Gasteiger partial charge is 0.478 e. The van der Waals surface area contributed by atoms with Crippen molar-refractivity contribution in [1.82, 2.24) is 4.98 Å². The number of carboxylic acid groups (broad SMARTS) is 1. The summed E-state index contributed by atoms with van der Waals surface area (Å²) in [4.78, 5) is 14.2. The number of nitrogens with zero attached hydrogens (tertiary/aromatic N) is 1. The van der Waals surface area contributed by atoms with E-state index in [0.29, 0.717) is 5.69 Å². The summed E-state index contributed by atoms with van der Waals surface area (Å²) in [5.41, 5.74) is 0.383. The van der Waals surface area contributed by atoms with E-state index in [9.17, 15) is 13.2 Å². The minimum atomic E-state index is -3.77. The van der Waals surface area contributed by atoms with Crippen LogP contribution in [0.2, 0.25) is 0 Å². The van der Waals surface area contributed by atoms with Crippen molar-refractivity contribution in [2.75, 3.05) is 4.72 Å². The molecule has 0 aromatic carbocycles. The van der Waals surface area contributed by atoms with Gasteiger partial charge in [0.05, 0.1) is 11.3 Å². The molecule has 0 aliphatic heterocycles. The first kappa shape index (κ1) is 12.5. The Hall–Kier alpha value is -1.93. The van der Waals surface area contributed by atoms with Crippen LogP contribution in [0.3, 0.4) is 0 Å². The van der Waals surface area contributed by atoms with E-state index >= 15 is 0 Å². The summed E-state index contributed by atoms with van der Waals surface area (Å²) in [7, 11) is -3.77. The molecule has 0 spiro atoms. The molecule has 94 valence electrons. The van der Waals surface area contributed by atoms with Crippen LogP contribution in [0.15, 0.2) is 40.2 Å². The third-order valence-corrected chi connectivity index (χ3v) is 4.01. The molecule has 0 bridgehead atoms.